The van der Waals surface area contributed by atoms with Gasteiger partial charge in [0.15, 0.2) is 0 Å². The first-order chi connectivity index (χ1) is 5.61. The molecule has 1 rings (SSSR count). The van der Waals surface area contributed by atoms with Gasteiger partial charge in [-0.1, -0.05) is 0 Å². The summed E-state index contributed by atoms with van der Waals surface area (Å²) in [5, 5.41) is 6.85. The Kier molecular flexibility index (Phi) is 2.32. The van der Waals surface area contributed by atoms with Crippen molar-refractivity contribution in [2.75, 3.05) is 0 Å². The van der Waals surface area contributed by atoms with E-state index in [-0.39, 0.29) is 17.8 Å². The topological polar surface area (TPSA) is 62.8 Å². The smallest absolute Gasteiger partial charge is 0.148 e. The third-order valence-corrected chi connectivity index (χ3v) is 1.32. The number of nitrogens with zero attached hydrogens (tertiary/aromatic N) is 1. The second-order valence-corrected chi connectivity index (χ2v) is 2.28. The van der Waals surface area contributed by atoms with Gasteiger partial charge in [0.1, 0.15) is 11.6 Å². The summed E-state index contributed by atoms with van der Waals surface area (Å²) in [5.41, 5.74) is 4.78. The predicted molar refractivity (Wildman–Crippen MR) is 39.8 cm³/mol. The van der Waals surface area contributed by atoms with Crippen LogP contribution in [0.25, 0.3) is 0 Å². The fraction of sp³-hybridized carbons (Fsp3) is 0.143. The van der Waals surface area contributed by atoms with Crippen LogP contribution in [-0.2, 0) is 6.42 Å². The average molecular weight is 171 g/mol. The molecule has 0 saturated carbocycles. The zero-order valence-corrected chi connectivity index (χ0v) is 6.14. The Bertz CT molecular complexity index is 291. The van der Waals surface area contributed by atoms with Crippen molar-refractivity contribution in [3.63, 3.8) is 0 Å². The number of amidine groups is 1. The number of halogens is 2. The van der Waals surface area contributed by atoms with Crippen molar-refractivity contribution >= 4 is 5.84 Å². The predicted octanol–water partition coefficient (Wildman–Crippen LogP) is 0.838. The first-order valence-electron chi connectivity index (χ1n) is 3.22. The lowest BCUT2D eigenvalue weighted by molar-refractivity contribution is 0.554. The number of nitrogens with one attached hydrogen (secondary N) is 1. The van der Waals surface area contributed by atoms with E-state index in [1.165, 1.54) is 0 Å². The second kappa shape index (κ2) is 3.25. The molecule has 0 unspecified atom stereocenters. The van der Waals surface area contributed by atoms with Crippen molar-refractivity contribution in [3.05, 3.63) is 29.6 Å². The molecule has 0 fully saturated rings. The Morgan fingerprint density at radius 1 is 1.42 bits per heavy atom. The molecule has 0 bridgehead atoms. The molecule has 3 nitrogen and oxygen atoms in total. The van der Waals surface area contributed by atoms with Crippen LogP contribution in [0.5, 0.6) is 0 Å². The van der Waals surface area contributed by atoms with E-state index in [4.69, 9.17) is 11.1 Å². The summed E-state index contributed by atoms with van der Waals surface area (Å²) in [5.74, 6) is -1.82. The van der Waals surface area contributed by atoms with Gasteiger partial charge >= 0.3 is 0 Å². The summed E-state index contributed by atoms with van der Waals surface area (Å²) < 4.78 is 25.5. The van der Waals surface area contributed by atoms with Crippen LogP contribution in [0.15, 0.2) is 12.4 Å². The van der Waals surface area contributed by atoms with Gasteiger partial charge in [-0.3, -0.25) is 10.4 Å². The molecule has 0 radical (unpaired) electrons. The minimum absolute atomic E-state index is 0.211. The van der Waals surface area contributed by atoms with Crippen molar-refractivity contribution in [3.8, 4) is 0 Å². The molecule has 0 atom stereocenters. The largest absolute Gasteiger partial charge is 0.387 e. The fourth-order valence-corrected chi connectivity index (χ4v) is 0.797. The Labute approximate surface area is 67.7 Å². The van der Waals surface area contributed by atoms with Gasteiger partial charge in [-0.2, -0.15) is 0 Å². The van der Waals surface area contributed by atoms with Crippen LogP contribution >= 0.6 is 0 Å². The van der Waals surface area contributed by atoms with Gasteiger partial charge in [0, 0.05) is 12.0 Å². The molecule has 0 aliphatic rings. The lowest BCUT2D eigenvalue weighted by atomic mass is 10.1. The highest BCUT2D eigenvalue weighted by molar-refractivity contribution is 5.79. The number of nitrogens with two attached hydrogens (primary N) is 1. The van der Waals surface area contributed by atoms with Crippen molar-refractivity contribution in [2.45, 2.75) is 6.42 Å². The molecule has 12 heavy (non-hydrogen) atoms. The molecule has 1 aromatic rings. The van der Waals surface area contributed by atoms with Crippen LogP contribution in [-0.4, -0.2) is 10.8 Å². The molecule has 0 amide bonds. The van der Waals surface area contributed by atoms with E-state index in [1.807, 2.05) is 0 Å². The highest BCUT2D eigenvalue weighted by Crippen LogP contribution is 2.10. The fourth-order valence-electron chi connectivity index (χ4n) is 0.797. The Balaban J connectivity index is 3.04. The Morgan fingerprint density at radius 3 is 2.33 bits per heavy atom. The number of rotatable bonds is 2. The van der Waals surface area contributed by atoms with E-state index in [9.17, 15) is 8.78 Å². The first kappa shape index (κ1) is 8.58. The highest BCUT2D eigenvalue weighted by Gasteiger charge is 2.09. The van der Waals surface area contributed by atoms with Crippen LogP contribution in [0, 0.1) is 17.0 Å². The zero-order valence-electron chi connectivity index (χ0n) is 6.14. The maximum atomic E-state index is 12.8. The SMILES string of the molecule is N=C(N)Cc1c(F)cncc1F. The summed E-state index contributed by atoms with van der Waals surface area (Å²) >= 11 is 0. The van der Waals surface area contributed by atoms with Crippen LogP contribution < -0.4 is 5.73 Å². The first-order valence-corrected chi connectivity index (χ1v) is 3.22. The van der Waals surface area contributed by atoms with E-state index in [0.717, 1.165) is 12.4 Å². The maximum absolute atomic E-state index is 12.8. The standard InChI is InChI=1S/C7H7F2N3/c8-5-2-12-3-6(9)4(5)1-7(10)11/h2-3H,1H2,(H3,10,11). The summed E-state index contributed by atoms with van der Waals surface area (Å²) in [6.07, 6.45) is 1.56. The summed E-state index contributed by atoms with van der Waals surface area (Å²) in [6, 6.07) is 0. The van der Waals surface area contributed by atoms with E-state index >= 15 is 0 Å². The minimum Gasteiger partial charge on any atom is -0.387 e. The molecule has 0 aliphatic heterocycles. The molecule has 0 aromatic carbocycles. The molecule has 1 heterocycles. The number of pyridine rings is 1. The van der Waals surface area contributed by atoms with Crippen molar-refractivity contribution in [1.29, 1.82) is 5.41 Å². The zero-order chi connectivity index (χ0) is 9.14. The van der Waals surface area contributed by atoms with Crippen LogP contribution in [0.4, 0.5) is 8.78 Å². The maximum Gasteiger partial charge on any atom is 0.148 e. The normalized spacial score (nSPS) is 9.83. The van der Waals surface area contributed by atoms with Gasteiger partial charge < -0.3 is 5.73 Å². The van der Waals surface area contributed by atoms with Gasteiger partial charge in [0.05, 0.1) is 18.2 Å². The third kappa shape index (κ3) is 1.75. The van der Waals surface area contributed by atoms with Gasteiger partial charge in [-0.05, 0) is 0 Å². The monoisotopic (exact) mass is 171 g/mol. The van der Waals surface area contributed by atoms with Gasteiger partial charge in [-0.25, -0.2) is 8.78 Å². The van der Waals surface area contributed by atoms with Crippen LogP contribution in [0.3, 0.4) is 0 Å². The van der Waals surface area contributed by atoms with Crippen molar-refractivity contribution < 1.29 is 8.78 Å². The minimum atomic E-state index is -0.773. The molecule has 5 heteroatoms. The quantitative estimate of drug-likeness (QED) is 0.511. The number of hydrogen-bond donors (Lipinski definition) is 2. The average Bonchev–Trinajstić information content (AvgIpc) is 1.97. The molecule has 0 aliphatic carbocycles. The number of hydrogen-bond acceptors (Lipinski definition) is 2. The van der Waals surface area contributed by atoms with E-state index in [0.29, 0.717) is 0 Å². The molecular formula is C7H7F2N3. The Hall–Kier alpha value is -1.52. The van der Waals surface area contributed by atoms with Gasteiger partial charge in [-0.15, -0.1) is 0 Å². The second-order valence-electron chi connectivity index (χ2n) is 2.28. The summed E-state index contributed by atoms with van der Waals surface area (Å²) in [6.45, 7) is 0. The Morgan fingerprint density at radius 2 is 1.92 bits per heavy atom. The van der Waals surface area contributed by atoms with E-state index < -0.39 is 11.6 Å². The molecule has 3 N–H and O–H groups in total. The molecule has 64 valence electrons. The molecule has 0 spiro atoms. The van der Waals surface area contributed by atoms with Crippen molar-refractivity contribution in [2.24, 2.45) is 5.73 Å². The number of aromatic nitrogens is 1. The van der Waals surface area contributed by atoms with Crippen LogP contribution in [0.1, 0.15) is 5.56 Å². The van der Waals surface area contributed by atoms with Gasteiger partial charge in [0.2, 0.25) is 0 Å². The summed E-state index contributed by atoms with van der Waals surface area (Å²) in [7, 11) is 0. The molecule has 0 saturated heterocycles. The van der Waals surface area contributed by atoms with E-state index in [2.05, 4.69) is 4.98 Å². The third-order valence-electron chi connectivity index (χ3n) is 1.32. The summed E-state index contributed by atoms with van der Waals surface area (Å²) in [4.78, 5) is 3.29. The highest BCUT2D eigenvalue weighted by atomic mass is 19.1. The lowest BCUT2D eigenvalue weighted by Crippen LogP contribution is -2.15. The van der Waals surface area contributed by atoms with Gasteiger partial charge in [0.25, 0.3) is 0 Å². The van der Waals surface area contributed by atoms with Crippen LogP contribution in [0.2, 0.25) is 0 Å². The molecule has 1 aromatic heterocycles. The lowest BCUT2D eigenvalue weighted by Gasteiger charge is -2.01. The van der Waals surface area contributed by atoms with Crippen molar-refractivity contribution in [1.82, 2.24) is 4.98 Å². The molecular weight excluding hydrogens is 164 g/mol. The van der Waals surface area contributed by atoms with E-state index in [1.54, 1.807) is 0 Å².